The van der Waals surface area contributed by atoms with Crippen LogP contribution in [-0.2, 0) is 17.7 Å². The van der Waals surface area contributed by atoms with Gasteiger partial charge in [-0.1, -0.05) is 11.6 Å². The fourth-order valence-electron chi connectivity index (χ4n) is 3.01. The minimum Gasteiger partial charge on any atom is -0.376 e. The average Bonchev–Trinajstić information content (AvgIpc) is 2.98. The molecule has 1 saturated heterocycles. The van der Waals surface area contributed by atoms with Gasteiger partial charge in [-0.05, 0) is 31.9 Å². The van der Waals surface area contributed by atoms with Gasteiger partial charge in [-0.2, -0.15) is 5.26 Å². The summed E-state index contributed by atoms with van der Waals surface area (Å²) in [4.78, 5) is 6.63. The number of nitrogens with zero attached hydrogens (tertiary/aromatic N) is 3. The molecule has 1 aromatic heterocycles. The van der Waals surface area contributed by atoms with Gasteiger partial charge in [-0.25, -0.2) is 4.98 Å². The summed E-state index contributed by atoms with van der Waals surface area (Å²) in [7, 11) is 2.08. The molecule has 3 heterocycles. The van der Waals surface area contributed by atoms with Crippen LogP contribution in [0.25, 0.3) is 0 Å². The molecule has 2 aliphatic heterocycles. The predicted octanol–water partition coefficient (Wildman–Crippen LogP) is 2.19. The zero-order valence-corrected chi connectivity index (χ0v) is 12.9. The molecule has 0 radical (unpaired) electrons. The van der Waals surface area contributed by atoms with Crippen molar-refractivity contribution >= 4 is 17.4 Å². The Morgan fingerprint density at radius 1 is 1.52 bits per heavy atom. The van der Waals surface area contributed by atoms with E-state index in [1.54, 1.807) is 0 Å². The zero-order chi connectivity index (χ0) is 14.8. The van der Waals surface area contributed by atoms with Crippen LogP contribution >= 0.6 is 11.6 Å². The molecule has 3 rings (SSSR count). The summed E-state index contributed by atoms with van der Waals surface area (Å²) in [5.41, 5.74) is 2.68. The average molecular weight is 307 g/mol. The molecule has 6 heteroatoms. The molecule has 21 heavy (non-hydrogen) atoms. The smallest absolute Gasteiger partial charge is 0.149 e. The quantitative estimate of drug-likeness (QED) is 0.867. The van der Waals surface area contributed by atoms with Gasteiger partial charge in [0.2, 0.25) is 0 Å². The van der Waals surface area contributed by atoms with Crippen LogP contribution in [0.5, 0.6) is 0 Å². The molecule has 0 saturated carbocycles. The van der Waals surface area contributed by atoms with Gasteiger partial charge in [0.1, 0.15) is 17.0 Å². The van der Waals surface area contributed by atoms with Gasteiger partial charge < -0.3 is 15.0 Å². The summed E-state index contributed by atoms with van der Waals surface area (Å²) in [6.45, 7) is 3.31. The molecule has 1 fully saturated rings. The standard InChI is InChI=1S/C15H19ClN4O/c1-20-5-4-11-12(7-17)14(16)19-15(13(11)9-20)18-8-10-3-2-6-21-10/h10H,2-6,8-9H2,1H3,(H,18,19). The molecular weight excluding hydrogens is 288 g/mol. The van der Waals surface area contributed by atoms with E-state index in [0.29, 0.717) is 10.7 Å². The van der Waals surface area contributed by atoms with Crippen LogP contribution in [0.1, 0.15) is 29.5 Å². The summed E-state index contributed by atoms with van der Waals surface area (Å²) >= 11 is 6.18. The van der Waals surface area contributed by atoms with Crippen LogP contribution in [-0.4, -0.2) is 42.7 Å². The number of pyridine rings is 1. The second kappa shape index (κ2) is 6.18. The largest absolute Gasteiger partial charge is 0.376 e. The molecule has 0 amide bonds. The van der Waals surface area contributed by atoms with E-state index in [-0.39, 0.29) is 6.10 Å². The van der Waals surface area contributed by atoms with Crippen molar-refractivity contribution < 1.29 is 4.74 Å². The Labute approximate surface area is 129 Å². The number of nitriles is 1. The third-order valence-electron chi connectivity index (χ3n) is 4.17. The number of hydrogen-bond acceptors (Lipinski definition) is 5. The number of nitrogens with one attached hydrogen (secondary N) is 1. The fraction of sp³-hybridized carbons (Fsp3) is 0.600. The first-order chi connectivity index (χ1) is 10.2. The van der Waals surface area contributed by atoms with E-state index in [4.69, 9.17) is 16.3 Å². The van der Waals surface area contributed by atoms with Crippen LogP contribution < -0.4 is 5.32 Å². The van der Waals surface area contributed by atoms with Crippen molar-refractivity contribution in [2.75, 3.05) is 32.1 Å². The van der Waals surface area contributed by atoms with Gasteiger partial charge in [-0.15, -0.1) is 0 Å². The Morgan fingerprint density at radius 3 is 3.10 bits per heavy atom. The number of rotatable bonds is 3. The van der Waals surface area contributed by atoms with Crippen LogP contribution in [0.4, 0.5) is 5.82 Å². The third-order valence-corrected chi connectivity index (χ3v) is 4.45. The number of fused-ring (bicyclic) bond motifs is 1. The highest BCUT2D eigenvalue weighted by Crippen LogP contribution is 2.31. The molecule has 112 valence electrons. The van der Waals surface area contributed by atoms with Gasteiger partial charge in [-0.3, -0.25) is 0 Å². The van der Waals surface area contributed by atoms with Gasteiger partial charge in [0.15, 0.2) is 0 Å². The van der Waals surface area contributed by atoms with Gasteiger partial charge in [0.05, 0.1) is 11.7 Å². The number of anilines is 1. The minimum atomic E-state index is 0.248. The first-order valence-corrected chi connectivity index (χ1v) is 7.72. The van der Waals surface area contributed by atoms with Crippen LogP contribution in [0, 0.1) is 11.3 Å². The van der Waals surface area contributed by atoms with Gasteiger partial charge >= 0.3 is 0 Å². The molecule has 0 aromatic carbocycles. The number of halogens is 1. The topological polar surface area (TPSA) is 61.2 Å². The number of likely N-dealkylation sites (N-methyl/N-ethyl adjacent to an activating group) is 1. The van der Waals surface area contributed by atoms with Gasteiger partial charge in [0.25, 0.3) is 0 Å². The van der Waals surface area contributed by atoms with E-state index in [9.17, 15) is 5.26 Å². The number of hydrogen-bond donors (Lipinski definition) is 1. The first kappa shape index (κ1) is 14.6. The van der Waals surface area contributed by atoms with E-state index in [0.717, 1.165) is 62.4 Å². The molecule has 1 N–H and O–H groups in total. The Kier molecular flexibility index (Phi) is 4.29. The third kappa shape index (κ3) is 2.98. The summed E-state index contributed by atoms with van der Waals surface area (Å²) in [6, 6.07) is 2.20. The molecule has 0 bridgehead atoms. The van der Waals surface area contributed by atoms with E-state index in [1.807, 2.05) is 0 Å². The van der Waals surface area contributed by atoms with E-state index >= 15 is 0 Å². The van der Waals surface area contributed by atoms with Crippen molar-refractivity contribution in [3.05, 3.63) is 21.8 Å². The summed E-state index contributed by atoms with van der Waals surface area (Å²) < 4.78 is 5.63. The molecule has 1 atom stereocenters. The van der Waals surface area contributed by atoms with Crippen molar-refractivity contribution in [3.8, 4) is 6.07 Å². The second-order valence-electron chi connectivity index (χ2n) is 5.70. The molecular formula is C15H19ClN4O. The lowest BCUT2D eigenvalue weighted by molar-refractivity contribution is 0.120. The summed E-state index contributed by atoms with van der Waals surface area (Å²) in [5, 5.41) is 13.0. The first-order valence-electron chi connectivity index (χ1n) is 7.34. The van der Waals surface area contributed by atoms with Crippen LogP contribution in [0.2, 0.25) is 5.15 Å². The van der Waals surface area contributed by atoms with E-state index in [2.05, 4.69) is 28.3 Å². The zero-order valence-electron chi connectivity index (χ0n) is 12.2. The molecule has 1 aromatic rings. The van der Waals surface area contributed by atoms with Crippen LogP contribution in [0.3, 0.4) is 0 Å². The predicted molar refractivity (Wildman–Crippen MR) is 81.5 cm³/mol. The van der Waals surface area contributed by atoms with Gasteiger partial charge in [0, 0.05) is 31.8 Å². The van der Waals surface area contributed by atoms with Crippen molar-refractivity contribution in [2.45, 2.75) is 31.9 Å². The van der Waals surface area contributed by atoms with E-state index in [1.165, 1.54) is 0 Å². The number of aromatic nitrogens is 1. The highest BCUT2D eigenvalue weighted by atomic mass is 35.5. The highest BCUT2D eigenvalue weighted by molar-refractivity contribution is 6.30. The van der Waals surface area contributed by atoms with E-state index < -0.39 is 0 Å². The summed E-state index contributed by atoms with van der Waals surface area (Å²) in [5.74, 6) is 0.802. The van der Waals surface area contributed by atoms with Crippen molar-refractivity contribution in [2.24, 2.45) is 0 Å². The second-order valence-corrected chi connectivity index (χ2v) is 6.06. The molecule has 1 unspecified atom stereocenters. The molecule has 5 nitrogen and oxygen atoms in total. The Hall–Kier alpha value is -1.35. The SMILES string of the molecule is CN1CCc2c(C#N)c(Cl)nc(NCC3CCCO3)c2C1. The van der Waals surface area contributed by atoms with Crippen LogP contribution in [0.15, 0.2) is 0 Å². The van der Waals surface area contributed by atoms with Crippen molar-refractivity contribution in [1.29, 1.82) is 5.26 Å². The Bertz CT molecular complexity index is 578. The minimum absolute atomic E-state index is 0.248. The van der Waals surface area contributed by atoms with Crippen molar-refractivity contribution in [3.63, 3.8) is 0 Å². The monoisotopic (exact) mass is 306 g/mol. The Balaban J connectivity index is 1.88. The van der Waals surface area contributed by atoms with Crippen molar-refractivity contribution in [1.82, 2.24) is 9.88 Å². The lowest BCUT2D eigenvalue weighted by Gasteiger charge is -2.28. The molecule has 0 spiro atoms. The number of ether oxygens (including phenoxy) is 1. The lowest BCUT2D eigenvalue weighted by atomic mass is 9.97. The maximum Gasteiger partial charge on any atom is 0.149 e. The summed E-state index contributed by atoms with van der Waals surface area (Å²) in [6.07, 6.45) is 3.29. The normalized spacial score (nSPS) is 21.9. The maximum absolute atomic E-state index is 9.31. The lowest BCUT2D eigenvalue weighted by Crippen LogP contribution is -2.29. The maximum atomic E-state index is 9.31. The highest BCUT2D eigenvalue weighted by Gasteiger charge is 2.24. The fourth-order valence-corrected chi connectivity index (χ4v) is 3.25. The molecule has 2 aliphatic rings. The molecule has 0 aliphatic carbocycles. The Morgan fingerprint density at radius 2 is 2.38 bits per heavy atom.